The van der Waals surface area contributed by atoms with E-state index in [-0.39, 0.29) is 30.2 Å². The van der Waals surface area contributed by atoms with Crippen LogP contribution < -0.4 is 5.32 Å². The Labute approximate surface area is 199 Å². The predicted molar refractivity (Wildman–Crippen MR) is 129 cm³/mol. The maximum absolute atomic E-state index is 13.0. The fraction of sp³-hybridized carbons (Fsp3) is 0.500. The molecule has 1 saturated heterocycles. The molecule has 1 amide bonds. The third-order valence-electron chi connectivity index (χ3n) is 6.30. The van der Waals surface area contributed by atoms with Gasteiger partial charge in [0.15, 0.2) is 0 Å². The summed E-state index contributed by atoms with van der Waals surface area (Å²) in [4.78, 5) is 26.8. The third-order valence-corrected chi connectivity index (χ3v) is 9.35. The number of hydrogen-bond acceptors (Lipinski definition) is 6. The molecule has 1 aromatic carbocycles. The quantitative estimate of drug-likeness (QED) is 0.593. The van der Waals surface area contributed by atoms with Crippen LogP contribution in [0.25, 0.3) is 0 Å². The maximum atomic E-state index is 13.0. The molecular weight excluding hydrogens is 460 g/mol. The van der Waals surface area contributed by atoms with Crippen LogP contribution in [0.5, 0.6) is 0 Å². The molecule has 2 aromatic rings. The Hall–Kier alpha value is -2.23. The van der Waals surface area contributed by atoms with Gasteiger partial charge in [0, 0.05) is 23.9 Å². The van der Waals surface area contributed by atoms with E-state index in [1.54, 1.807) is 19.1 Å². The molecular formula is C24H30N2O5S2. The summed E-state index contributed by atoms with van der Waals surface area (Å²) in [5.74, 6) is -0.857. The van der Waals surface area contributed by atoms with Gasteiger partial charge < -0.3 is 10.1 Å². The number of fused-ring (bicyclic) bond motifs is 1. The van der Waals surface area contributed by atoms with Crippen molar-refractivity contribution >= 4 is 38.2 Å². The summed E-state index contributed by atoms with van der Waals surface area (Å²) in [6.45, 7) is 2.69. The minimum Gasteiger partial charge on any atom is -0.462 e. The molecule has 1 aliphatic carbocycles. The molecule has 1 aliphatic heterocycles. The minimum absolute atomic E-state index is 0.0334. The van der Waals surface area contributed by atoms with Crippen LogP contribution in [0.4, 0.5) is 5.00 Å². The van der Waals surface area contributed by atoms with Crippen molar-refractivity contribution in [3.8, 4) is 0 Å². The van der Waals surface area contributed by atoms with Crippen LogP contribution in [0.3, 0.4) is 0 Å². The zero-order chi connectivity index (χ0) is 23.4. The lowest BCUT2D eigenvalue weighted by molar-refractivity contribution is -0.120. The Morgan fingerprint density at radius 2 is 1.82 bits per heavy atom. The van der Waals surface area contributed by atoms with Crippen LogP contribution >= 0.6 is 11.3 Å². The number of benzene rings is 1. The lowest BCUT2D eigenvalue weighted by Gasteiger charge is -2.30. The van der Waals surface area contributed by atoms with E-state index in [0.29, 0.717) is 36.5 Å². The van der Waals surface area contributed by atoms with Crippen molar-refractivity contribution in [3.05, 3.63) is 51.9 Å². The summed E-state index contributed by atoms with van der Waals surface area (Å²) < 4.78 is 32.3. The number of ether oxygens (including phenoxy) is 1. The molecule has 0 bridgehead atoms. The van der Waals surface area contributed by atoms with E-state index in [2.05, 4.69) is 5.32 Å². The third kappa shape index (κ3) is 5.47. The number of aryl methyl sites for hydroxylation is 1. The highest BCUT2D eigenvalue weighted by Gasteiger charge is 2.33. The average Bonchev–Trinajstić information content (AvgIpc) is 3.17. The van der Waals surface area contributed by atoms with Gasteiger partial charge in [-0.15, -0.1) is 11.3 Å². The number of rotatable bonds is 7. The van der Waals surface area contributed by atoms with Crippen molar-refractivity contribution in [1.82, 2.24) is 4.31 Å². The standard InChI is InChI=1S/C24H30N2O5S2/c1-2-31-24(28)21-19-10-6-7-11-20(19)32-23(21)25-22(27)18-12-14-26(15-13-18)33(29,30)16-17-8-4-3-5-9-17/h3-5,8-9,18H,2,6-7,10-16H2,1H3,(H,25,27). The molecule has 1 fully saturated rings. The Bertz CT molecular complexity index is 1100. The lowest BCUT2D eigenvalue weighted by atomic mass is 9.95. The zero-order valence-electron chi connectivity index (χ0n) is 18.8. The number of thiophene rings is 1. The van der Waals surface area contributed by atoms with Gasteiger partial charge in [0.05, 0.1) is 17.9 Å². The van der Waals surface area contributed by atoms with Gasteiger partial charge in [0.2, 0.25) is 15.9 Å². The topological polar surface area (TPSA) is 92.8 Å². The number of amides is 1. The number of esters is 1. The van der Waals surface area contributed by atoms with Crippen LogP contribution in [-0.2, 0) is 38.1 Å². The molecule has 9 heteroatoms. The van der Waals surface area contributed by atoms with Crippen LogP contribution in [0.15, 0.2) is 30.3 Å². The minimum atomic E-state index is -3.43. The van der Waals surface area contributed by atoms with Gasteiger partial charge >= 0.3 is 5.97 Å². The largest absolute Gasteiger partial charge is 0.462 e. The highest BCUT2D eigenvalue weighted by Crippen LogP contribution is 2.39. The highest BCUT2D eigenvalue weighted by molar-refractivity contribution is 7.88. The molecule has 0 radical (unpaired) electrons. The van der Waals surface area contributed by atoms with Gasteiger partial charge in [-0.25, -0.2) is 17.5 Å². The van der Waals surface area contributed by atoms with Crippen molar-refractivity contribution < 1.29 is 22.7 Å². The Balaban J connectivity index is 1.41. The lowest BCUT2D eigenvalue weighted by Crippen LogP contribution is -2.41. The summed E-state index contributed by atoms with van der Waals surface area (Å²) in [6, 6.07) is 9.12. The first-order chi connectivity index (χ1) is 15.9. The van der Waals surface area contributed by atoms with E-state index in [1.807, 2.05) is 18.2 Å². The molecule has 0 atom stereocenters. The first kappa shape index (κ1) is 23.9. The summed E-state index contributed by atoms with van der Waals surface area (Å²) in [7, 11) is -3.43. The predicted octanol–water partition coefficient (Wildman–Crippen LogP) is 3.98. The second kappa shape index (κ2) is 10.4. The van der Waals surface area contributed by atoms with Crippen molar-refractivity contribution in [1.29, 1.82) is 0 Å². The van der Waals surface area contributed by atoms with Crippen LogP contribution in [0, 0.1) is 5.92 Å². The smallest absolute Gasteiger partial charge is 0.341 e. The number of nitrogens with one attached hydrogen (secondary N) is 1. The summed E-state index contributed by atoms with van der Waals surface area (Å²) >= 11 is 1.48. The molecule has 0 saturated carbocycles. The number of carbonyl (C=O) groups is 2. The van der Waals surface area contributed by atoms with Gasteiger partial charge in [0.25, 0.3) is 0 Å². The first-order valence-electron chi connectivity index (χ1n) is 11.5. The molecule has 2 heterocycles. The molecule has 1 N–H and O–H groups in total. The monoisotopic (exact) mass is 490 g/mol. The van der Waals surface area contributed by atoms with E-state index in [0.717, 1.165) is 41.7 Å². The van der Waals surface area contributed by atoms with Gasteiger partial charge in [-0.3, -0.25) is 4.79 Å². The van der Waals surface area contributed by atoms with Crippen LogP contribution in [0.1, 0.15) is 59.0 Å². The average molecular weight is 491 g/mol. The van der Waals surface area contributed by atoms with Gasteiger partial charge in [-0.1, -0.05) is 30.3 Å². The molecule has 33 heavy (non-hydrogen) atoms. The number of nitrogens with zero attached hydrogens (tertiary/aromatic N) is 1. The number of carbonyl (C=O) groups excluding carboxylic acids is 2. The highest BCUT2D eigenvalue weighted by atomic mass is 32.2. The summed E-state index contributed by atoms with van der Waals surface area (Å²) in [5, 5.41) is 3.55. The van der Waals surface area contributed by atoms with Gasteiger partial charge in [-0.2, -0.15) is 0 Å². The normalized spacial score (nSPS) is 17.4. The SMILES string of the molecule is CCOC(=O)c1c(NC(=O)C2CCN(S(=O)(=O)Cc3ccccc3)CC2)sc2c1CCCC2. The van der Waals surface area contributed by atoms with E-state index >= 15 is 0 Å². The second-order valence-corrected chi connectivity index (χ2v) is 11.6. The number of anilines is 1. The fourth-order valence-electron chi connectivity index (χ4n) is 4.56. The first-order valence-corrected chi connectivity index (χ1v) is 14.0. The Morgan fingerprint density at radius 1 is 1.12 bits per heavy atom. The molecule has 7 nitrogen and oxygen atoms in total. The van der Waals surface area contributed by atoms with E-state index < -0.39 is 10.0 Å². The van der Waals surface area contributed by atoms with Crippen LogP contribution in [0.2, 0.25) is 0 Å². The van der Waals surface area contributed by atoms with Gasteiger partial charge in [-0.05, 0) is 56.6 Å². The van der Waals surface area contributed by atoms with Crippen LogP contribution in [-0.4, -0.2) is 44.3 Å². The Morgan fingerprint density at radius 3 is 2.52 bits per heavy atom. The Kier molecular flexibility index (Phi) is 7.51. The molecule has 4 rings (SSSR count). The van der Waals surface area contributed by atoms with E-state index in [9.17, 15) is 18.0 Å². The summed E-state index contributed by atoms with van der Waals surface area (Å²) in [6.07, 6.45) is 4.77. The van der Waals surface area contributed by atoms with Crippen molar-refractivity contribution in [3.63, 3.8) is 0 Å². The zero-order valence-corrected chi connectivity index (χ0v) is 20.5. The number of hydrogen-bond donors (Lipinski definition) is 1. The summed E-state index contributed by atoms with van der Waals surface area (Å²) in [5.41, 5.74) is 2.28. The maximum Gasteiger partial charge on any atom is 0.341 e. The second-order valence-electron chi connectivity index (χ2n) is 8.54. The van der Waals surface area contributed by atoms with Crippen molar-refractivity contribution in [2.75, 3.05) is 25.0 Å². The fourth-order valence-corrected chi connectivity index (χ4v) is 7.40. The van der Waals surface area contributed by atoms with Crippen molar-refractivity contribution in [2.24, 2.45) is 5.92 Å². The van der Waals surface area contributed by atoms with E-state index in [1.165, 1.54) is 15.6 Å². The molecule has 0 spiro atoms. The van der Waals surface area contributed by atoms with E-state index in [4.69, 9.17) is 4.74 Å². The number of sulfonamides is 1. The van der Waals surface area contributed by atoms with Crippen molar-refractivity contribution in [2.45, 2.75) is 51.2 Å². The molecule has 178 valence electrons. The molecule has 2 aliphatic rings. The molecule has 0 unspecified atom stereocenters. The molecule has 1 aromatic heterocycles. The van der Waals surface area contributed by atoms with Gasteiger partial charge in [0.1, 0.15) is 5.00 Å². The number of piperidine rings is 1.